The maximum atomic E-state index is 12.1. The number of carbonyl (C=O) groups is 1. The van der Waals surface area contributed by atoms with Crippen LogP contribution in [0.1, 0.15) is 22.8 Å². The Morgan fingerprint density at radius 3 is 2.41 bits per heavy atom. The summed E-state index contributed by atoms with van der Waals surface area (Å²) in [6.45, 7) is 2.11. The van der Waals surface area contributed by atoms with Crippen molar-refractivity contribution in [3.8, 4) is 46.0 Å². The third-order valence-corrected chi connectivity index (χ3v) is 4.86. The van der Waals surface area contributed by atoms with E-state index in [2.05, 4.69) is 0 Å². The summed E-state index contributed by atoms with van der Waals surface area (Å²) in [4.78, 5) is 12.1. The van der Waals surface area contributed by atoms with Crippen LogP contribution in [-0.2, 0) is 0 Å². The minimum atomic E-state index is -1.19. The van der Waals surface area contributed by atoms with Crippen LogP contribution < -0.4 is 28.4 Å². The number of rotatable bonds is 6. The highest BCUT2D eigenvalue weighted by Crippen LogP contribution is 2.44. The molecule has 0 amide bonds. The van der Waals surface area contributed by atoms with E-state index in [1.54, 1.807) is 48.5 Å². The van der Waals surface area contributed by atoms with Gasteiger partial charge in [0, 0.05) is 6.07 Å². The molecule has 3 aromatic rings. The number of carboxylic acid groups (broad SMARTS) is 1. The predicted octanol–water partition coefficient (Wildman–Crippen LogP) is 5.46. The van der Waals surface area contributed by atoms with Gasteiger partial charge in [-0.05, 0) is 43.3 Å². The quantitative estimate of drug-likeness (QED) is 0.547. The van der Waals surface area contributed by atoms with Gasteiger partial charge in [-0.2, -0.15) is 0 Å². The van der Waals surface area contributed by atoms with Crippen LogP contribution in [0.5, 0.6) is 46.0 Å². The molecule has 0 spiro atoms. The molecule has 0 saturated carbocycles. The largest absolute Gasteiger partial charge is 0.477 e. The first-order valence-corrected chi connectivity index (χ1v) is 9.81. The van der Waals surface area contributed by atoms with E-state index < -0.39 is 5.97 Å². The zero-order valence-electron chi connectivity index (χ0n) is 17.0. The standard InChI is InChI=1S/C24H18O8/c1-2-4-15-16(9-10-20-23(15)30-13-28-20)32-19-6-3-5-18(22(19)24(25)26)31-14-7-8-17-21(11-14)29-12-27-17/h2-11H,12-13H2,1H3,(H,25,26)/b4-2-. The van der Waals surface area contributed by atoms with Gasteiger partial charge >= 0.3 is 5.97 Å². The maximum Gasteiger partial charge on any atom is 0.343 e. The van der Waals surface area contributed by atoms with Crippen LogP contribution in [0.25, 0.3) is 6.08 Å². The summed E-state index contributed by atoms with van der Waals surface area (Å²) in [5.74, 6) is 2.18. The molecule has 0 radical (unpaired) electrons. The highest BCUT2D eigenvalue weighted by Gasteiger charge is 2.24. The first-order valence-electron chi connectivity index (χ1n) is 9.81. The van der Waals surface area contributed by atoms with Crippen LogP contribution >= 0.6 is 0 Å². The molecule has 0 atom stereocenters. The van der Waals surface area contributed by atoms with Crippen molar-refractivity contribution >= 4 is 12.0 Å². The number of hydrogen-bond acceptors (Lipinski definition) is 7. The number of allylic oxidation sites excluding steroid dienone is 1. The topological polar surface area (TPSA) is 92.7 Å². The highest BCUT2D eigenvalue weighted by molar-refractivity contribution is 5.94. The third-order valence-electron chi connectivity index (χ3n) is 4.86. The van der Waals surface area contributed by atoms with E-state index in [0.29, 0.717) is 40.1 Å². The van der Waals surface area contributed by atoms with Crippen molar-refractivity contribution in [1.82, 2.24) is 0 Å². The Morgan fingerprint density at radius 2 is 1.59 bits per heavy atom. The lowest BCUT2D eigenvalue weighted by Gasteiger charge is -2.15. The molecule has 5 rings (SSSR count). The molecular weight excluding hydrogens is 416 g/mol. The molecule has 0 unspecified atom stereocenters. The minimum absolute atomic E-state index is 0.114. The molecule has 8 nitrogen and oxygen atoms in total. The lowest BCUT2D eigenvalue weighted by Crippen LogP contribution is -2.04. The second kappa shape index (κ2) is 8.07. The Balaban J connectivity index is 1.51. The molecule has 8 heteroatoms. The molecule has 0 aromatic heterocycles. The van der Waals surface area contributed by atoms with E-state index in [4.69, 9.17) is 28.4 Å². The molecule has 0 fully saturated rings. The normalized spacial score (nSPS) is 13.4. The molecule has 2 aliphatic rings. The second-order valence-electron chi connectivity index (χ2n) is 6.86. The van der Waals surface area contributed by atoms with Gasteiger partial charge in [-0.15, -0.1) is 0 Å². The van der Waals surface area contributed by atoms with Crippen molar-refractivity contribution in [3.05, 3.63) is 65.7 Å². The Morgan fingerprint density at radius 1 is 0.875 bits per heavy atom. The predicted molar refractivity (Wildman–Crippen MR) is 113 cm³/mol. The van der Waals surface area contributed by atoms with Gasteiger partial charge in [0.05, 0.1) is 5.56 Å². The molecule has 32 heavy (non-hydrogen) atoms. The number of ether oxygens (including phenoxy) is 6. The number of aromatic carboxylic acids is 1. The summed E-state index contributed by atoms with van der Waals surface area (Å²) in [6, 6.07) is 13.2. The molecule has 0 bridgehead atoms. The SMILES string of the molecule is C/C=C\c1c(Oc2cccc(Oc3ccc4c(c3)OCO4)c2C(=O)O)ccc2c1OCO2. The van der Waals surface area contributed by atoms with Crippen LogP contribution in [0.15, 0.2) is 54.6 Å². The van der Waals surface area contributed by atoms with Gasteiger partial charge in [0.1, 0.15) is 28.6 Å². The Bertz CT molecular complexity index is 1230. The van der Waals surface area contributed by atoms with Crippen LogP contribution in [0.2, 0.25) is 0 Å². The number of hydrogen-bond donors (Lipinski definition) is 1. The summed E-state index contributed by atoms with van der Waals surface area (Å²) < 4.78 is 33.6. The molecule has 0 aliphatic carbocycles. The lowest BCUT2D eigenvalue weighted by molar-refractivity contribution is 0.0691. The zero-order valence-corrected chi connectivity index (χ0v) is 17.0. The first kappa shape index (κ1) is 19.6. The van der Waals surface area contributed by atoms with Crippen LogP contribution in [0.4, 0.5) is 0 Å². The van der Waals surface area contributed by atoms with Crippen molar-refractivity contribution in [2.45, 2.75) is 6.92 Å². The van der Waals surface area contributed by atoms with E-state index in [1.165, 1.54) is 0 Å². The molecular formula is C24H18O8. The smallest absolute Gasteiger partial charge is 0.343 e. The Labute approximate surface area is 183 Å². The van der Waals surface area contributed by atoms with E-state index in [0.717, 1.165) is 0 Å². The fraction of sp³-hybridized carbons (Fsp3) is 0.125. The van der Waals surface area contributed by atoms with Gasteiger partial charge in [0.15, 0.2) is 23.0 Å². The van der Waals surface area contributed by atoms with Crippen molar-refractivity contribution < 1.29 is 38.3 Å². The van der Waals surface area contributed by atoms with E-state index >= 15 is 0 Å². The Kier molecular flexibility index (Phi) is 4.95. The number of fused-ring (bicyclic) bond motifs is 2. The summed E-state index contributed by atoms with van der Waals surface area (Å²) >= 11 is 0. The van der Waals surface area contributed by atoms with E-state index in [9.17, 15) is 9.90 Å². The first-order chi connectivity index (χ1) is 15.6. The van der Waals surface area contributed by atoms with Crippen molar-refractivity contribution in [1.29, 1.82) is 0 Å². The Hall–Kier alpha value is -4.33. The van der Waals surface area contributed by atoms with Gasteiger partial charge in [-0.25, -0.2) is 4.79 Å². The molecule has 1 N–H and O–H groups in total. The fourth-order valence-corrected chi connectivity index (χ4v) is 3.47. The van der Waals surface area contributed by atoms with Gasteiger partial charge < -0.3 is 33.5 Å². The molecule has 3 aromatic carbocycles. The average molecular weight is 434 g/mol. The average Bonchev–Trinajstić information content (AvgIpc) is 3.44. The number of carboxylic acids is 1. The van der Waals surface area contributed by atoms with Gasteiger partial charge in [-0.3, -0.25) is 0 Å². The van der Waals surface area contributed by atoms with Crippen molar-refractivity contribution in [3.63, 3.8) is 0 Å². The third kappa shape index (κ3) is 3.51. The summed E-state index contributed by atoms with van der Waals surface area (Å²) in [5, 5.41) is 9.92. The second-order valence-corrected chi connectivity index (χ2v) is 6.86. The van der Waals surface area contributed by atoms with Crippen molar-refractivity contribution in [2.24, 2.45) is 0 Å². The monoisotopic (exact) mass is 434 g/mol. The van der Waals surface area contributed by atoms with Gasteiger partial charge in [0.25, 0.3) is 0 Å². The van der Waals surface area contributed by atoms with Crippen molar-refractivity contribution in [2.75, 3.05) is 13.6 Å². The molecule has 0 saturated heterocycles. The summed E-state index contributed by atoms with van der Waals surface area (Å²) in [6.07, 6.45) is 3.65. The summed E-state index contributed by atoms with van der Waals surface area (Å²) in [5.41, 5.74) is 0.537. The van der Waals surface area contributed by atoms with Gasteiger partial charge in [-0.1, -0.05) is 18.2 Å². The maximum absolute atomic E-state index is 12.1. The summed E-state index contributed by atoms with van der Waals surface area (Å²) in [7, 11) is 0. The molecule has 162 valence electrons. The zero-order chi connectivity index (χ0) is 22.1. The van der Waals surface area contributed by atoms with E-state index in [1.807, 2.05) is 19.1 Å². The number of benzene rings is 3. The van der Waals surface area contributed by atoms with E-state index in [-0.39, 0.29) is 30.6 Å². The van der Waals surface area contributed by atoms with Crippen LogP contribution in [-0.4, -0.2) is 24.7 Å². The van der Waals surface area contributed by atoms with Crippen LogP contribution in [0, 0.1) is 0 Å². The lowest BCUT2D eigenvalue weighted by atomic mass is 10.1. The molecule has 2 heterocycles. The minimum Gasteiger partial charge on any atom is -0.477 e. The van der Waals surface area contributed by atoms with Gasteiger partial charge in [0.2, 0.25) is 13.6 Å². The van der Waals surface area contributed by atoms with Crippen LogP contribution in [0.3, 0.4) is 0 Å². The molecule has 2 aliphatic heterocycles. The fourth-order valence-electron chi connectivity index (χ4n) is 3.47. The highest BCUT2D eigenvalue weighted by atomic mass is 16.7.